The second kappa shape index (κ2) is 5.82. The lowest BCUT2D eigenvalue weighted by molar-refractivity contribution is 0.0379. The third-order valence-electron chi connectivity index (χ3n) is 2.74. The summed E-state index contributed by atoms with van der Waals surface area (Å²) in [5.41, 5.74) is 1.14. The molecule has 0 fully saturated rings. The molecule has 0 radical (unpaired) electrons. The zero-order valence-electron chi connectivity index (χ0n) is 10.2. The summed E-state index contributed by atoms with van der Waals surface area (Å²) >= 11 is 11.8. The average molecular weight is 289 g/mol. The van der Waals surface area contributed by atoms with E-state index in [9.17, 15) is 0 Å². The molecule has 0 spiro atoms. The van der Waals surface area contributed by atoms with Crippen LogP contribution in [0.3, 0.4) is 0 Å². The van der Waals surface area contributed by atoms with Gasteiger partial charge < -0.3 is 4.74 Å². The van der Waals surface area contributed by atoms with Crippen LogP contribution in [0.25, 0.3) is 11.2 Å². The van der Waals surface area contributed by atoms with Crippen LogP contribution in [0.4, 0.5) is 0 Å². The normalized spacial score (nSPS) is 13.1. The van der Waals surface area contributed by atoms with Gasteiger partial charge in [-0.15, -0.1) is 0 Å². The molecule has 0 aromatic carbocycles. The largest absolute Gasteiger partial charge is 0.361 e. The minimum atomic E-state index is -0.114. The second-order valence-corrected chi connectivity index (χ2v) is 4.64. The molecule has 1 unspecified atom stereocenters. The number of halogens is 2. The van der Waals surface area contributed by atoms with Crippen LogP contribution in [0.2, 0.25) is 10.4 Å². The first-order valence-electron chi connectivity index (χ1n) is 5.75. The van der Waals surface area contributed by atoms with Crippen molar-refractivity contribution < 1.29 is 4.74 Å². The number of rotatable bonds is 5. The minimum Gasteiger partial charge on any atom is -0.361 e. The van der Waals surface area contributed by atoms with Gasteiger partial charge in [0.15, 0.2) is 10.8 Å². The monoisotopic (exact) mass is 288 g/mol. The van der Waals surface area contributed by atoms with Gasteiger partial charge in [-0.25, -0.2) is 9.97 Å². The number of fused-ring (bicyclic) bond motifs is 1. The highest BCUT2D eigenvalue weighted by Crippen LogP contribution is 2.25. The first kappa shape index (κ1) is 13.5. The Bertz CT molecular complexity index is 543. The summed E-state index contributed by atoms with van der Waals surface area (Å²) < 4.78 is 7.30. The molecular formula is C11H14Cl2N4O. The van der Waals surface area contributed by atoms with E-state index >= 15 is 0 Å². The van der Waals surface area contributed by atoms with Crippen LogP contribution < -0.4 is 0 Å². The maximum absolute atomic E-state index is 5.98. The highest BCUT2D eigenvalue weighted by Gasteiger charge is 2.17. The summed E-state index contributed by atoms with van der Waals surface area (Å²) in [6, 6.07) is 0. The van der Waals surface area contributed by atoms with Gasteiger partial charge in [0.2, 0.25) is 5.28 Å². The zero-order valence-corrected chi connectivity index (χ0v) is 11.7. The summed E-state index contributed by atoms with van der Waals surface area (Å²) in [6.45, 7) is 2.13. The summed E-state index contributed by atoms with van der Waals surface area (Å²) in [6.07, 6.45) is 4.59. The van der Waals surface area contributed by atoms with Crippen LogP contribution in [0.5, 0.6) is 0 Å². The maximum atomic E-state index is 5.98. The molecule has 1 atom stereocenters. The molecule has 2 aromatic rings. The van der Waals surface area contributed by atoms with Gasteiger partial charge in [0.05, 0.1) is 6.33 Å². The second-order valence-electron chi connectivity index (χ2n) is 3.94. The van der Waals surface area contributed by atoms with Crippen LogP contribution in [-0.2, 0) is 4.74 Å². The fraction of sp³-hybridized carbons (Fsp3) is 0.545. The van der Waals surface area contributed by atoms with Gasteiger partial charge in [-0.1, -0.05) is 24.9 Å². The standard InChI is InChI=1S/C11H14Cl2N4O/c1-3-4-5-7(18-2)17-6-14-8-9(12)15-11(13)16-10(8)17/h6-7H,3-5H2,1-2H3. The molecule has 0 aliphatic carbocycles. The Hall–Kier alpha value is -0.910. The number of unbranched alkanes of at least 4 members (excludes halogenated alkanes) is 1. The molecule has 0 N–H and O–H groups in total. The van der Waals surface area contributed by atoms with E-state index in [0.717, 1.165) is 19.3 Å². The first-order valence-corrected chi connectivity index (χ1v) is 6.51. The van der Waals surface area contributed by atoms with Gasteiger partial charge in [0.1, 0.15) is 11.7 Å². The van der Waals surface area contributed by atoms with Crippen LogP contribution in [0, 0.1) is 0 Å². The number of ether oxygens (including phenoxy) is 1. The van der Waals surface area contributed by atoms with E-state index in [0.29, 0.717) is 11.2 Å². The van der Waals surface area contributed by atoms with E-state index in [1.165, 1.54) is 0 Å². The minimum absolute atomic E-state index is 0.111. The van der Waals surface area contributed by atoms with Crippen molar-refractivity contribution in [2.24, 2.45) is 0 Å². The van der Waals surface area contributed by atoms with E-state index in [2.05, 4.69) is 21.9 Å². The van der Waals surface area contributed by atoms with E-state index < -0.39 is 0 Å². The molecule has 0 aliphatic heterocycles. The summed E-state index contributed by atoms with van der Waals surface area (Å²) in [5, 5.41) is 0.369. The van der Waals surface area contributed by atoms with Crippen molar-refractivity contribution >= 4 is 34.4 Å². The summed E-state index contributed by atoms with van der Waals surface area (Å²) in [7, 11) is 1.66. The fourth-order valence-corrected chi connectivity index (χ4v) is 2.24. The molecule has 0 saturated carbocycles. The molecule has 0 bridgehead atoms. The van der Waals surface area contributed by atoms with Crippen LogP contribution in [-0.4, -0.2) is 26.6 Å². The first-order chi connectivity index (χ1) is 8.67. The molecular weight excluding hydrogens is 275 g/mol. The fourth-order valence-electron chi connectivity index (χ4n) is 1.82. The quantitative estimate of drug-likeness (QED) is 0.624. The molecule has 98 valence electrons. The van der Waals surface area contributed by atoms with Gasteiger partial charge in [-0.05, 0) is 24.4 Å². The topological polar surface area (TPSA) is 52.8 Å². The predicted octanol–water partition coefficient (Wildman–Crippen LogP) is 3.47. The van der Waals surface area contributed by atoms with E-state index in [1.807, 2.05) is 4.57 Å². The molecule has 5 nitrogen and oxygen atoms in total. The van der Waals surface area contributed by atoms with Crippen molar-refractivity contribution in [3.05, 3.63) is 16.8 Å². The van der Waals surface area contributed by atoms with Gasteiger partial charge in [-0.3, -0.25) is 4.57 Å². The van der Waals surface area contributed by atoms with Crippen molar-refractivity contribution in [1.29, 1.82) is 0 Å². The highest BCUT2D eigenvalue weighted by molar-refractivity contribution is 6.35. The number of hydrogen-bond acceptors (Lipinski definition) is 4. The molecule has 0 saturated heterocycles. The SMILES string of the molecule is CCCCC(OC)n1cnc2c(Cl)nc(Cl)nc21. The van der Waals surface area contributed by atoms with Crippen LogP contribution in [0.1, 0.15) is 32.4 Å². The van der Waals surface area contributed by atoms with Crippen molar-refractivity contribution in [2.75, 3.05) is 7.11 Å². The zero-order chi connectivity index (χ0) is 13.1. The highest BCUT2D eigenvalue weighted by atomic mass is 35.5. The number of hydrogen-bond donors (Lipinski definition) is 0. The van der Waals surface area contributed by atoms with E-state index in [-0.39, 0.29) is 16.7 Å². The summed E-state index contributed by atoms with van der Waals surface area (Å²) in [4.78, 5) is 12.2. The molecule has 7 heteroatoms. The molecule has 2 aromatic heterocycles. The lowest BCUT2D eigenvalue weighted by Gasteiger charge is -2.16. The van der Waals surface area contributed by atoms with E-state index in [1.54, 1.807) is 13.4 Å². The van der Waals surface area contributed by atoms with Gasteiger partial charge in [0, 0.05) is 7.11 Å². The lowest BCUT2D eigenvalue weighted by atomic mass is 10.2. The van der Waals surface area contributed by atoms with E-state index in [4.69, 9.17) is 27.9 Å². The van der Waals surface area contributed by atoms with Crippen molar-refractivity contribution in [2.45, 2.75) is 32.4 Å². The average Bonchev–Trinajstić information content (AvgIpc) is 2.74. The Morgan fingerprint density at radius 3 is 2.83 bits per heavy atom. The Kier molecular flexibility index (Phi) is 4.37. The Balaban J connectivity index is 2.43. The smallest absolute Gasteiger partial charge is 0.225 e. The Morgan fingerprint density at radius 2 is 2.17 bits per heavy atom. The lowest BCUT2D eigenvalue weighted by Crippen LogP contribution is -2.11. The third kappa shape index (κ3) is 2.58. The molecule has 18 heavy (non-hydrogen) atoms. The molecule has 0 aliphatic rings. The third-order valence-corrected chi connectivity index (χ3v) is 3.17. The molecule has 0 amide bonds. The number of aromatic nitrogens is 4. The summed E-state index contributed by atoms with van der Waals surface area (Å²) in [5.74, 6) is 0. The Morgan fingerprint density at radius 1 is 1.39 bits per heavy atom. The maximum Gasteiger partial charge on any atom is 0.225 e. The number of imidazole rings is 1. The van der Waals surface area contributed by atoms with Gasteiger partial charge >= 0.3 is 0 Å². The van der Waals surface area contributed by atoms with Crippen LogP contribution >= 0.6 is 23.2 Å². The Labute approximate surface area is 115 Å². The van der Waals surface area contributed by atoms with Crippen molar-refractivity contribution in [3.8, 4) is 0 Å². The van der Waals surface area contributed by atoms with Gasteiger partial charge in [0.25, 0.3) is 0 Å². The predicted molar refractivity (Wildman–Crippen MR) is 70.9 cm³/mol. The molecule has 2 heterocycles. The van der Waals surface area contributed by atoms with Crippen molar-refractivity contribution in [3.63, 3.8) is 0 Å². The number of methoxy groups -OCH3 is 1. The van der Waals surface area contributed by atoms with Crippen LogP contribution in [0.15, 0.2) is 6.33 Å². The van der Waals surface area contributed by atoms with Gasteiger partial charge in [-0.2, -0.15) is 4.98 Å². The molecule has 2 rings (SSSR count). The van der Waals surface area contributed by atoms with Crippen molar-refractivity contribution in [1.82, 2.24) is 19.5 Å². The number of nitrogens with zero attached hydrogens (tertiary/aromatic N) is 4.